The molecule has 1 amide bonds. The second-order valence-corrected chi connectivity index (χ2v) is 6.15. The number of nitrogens with zero attached hydrogens (tertiary/aromatic N) is 2. The monoisotopic (exact) mass is 324 g/mol. The number of carbonyl (C=O) groups is 1. The first-order valence-corrected chi connectivity index (χ1v) is 7.73. The van der Waals surface area contributed by atoms with Gasteiger partial charge in [0.1, 0.15) is 0 Å². The fourth-order valence-corrected chi connectivity index (χ4v) is 1.81. The van der Waals surface area contributed by atoms with Gasteiger partial charge in [-0.25, -0.2) is 4.99 Å². The van der Waals surface area contributed by atoms with Crippen molar-refractivity contribution in [2.24, 2.45) is 10.9 Å². The Labute approximate surface area is 137 Å². The number of hydrogen-bond acceptors (Lipinski definition) is 2. The molecule has 0 aliphatic carbocycles. The maximum Gasteiger partial charge on any atom is 0.241 e. The minimum absolute atomic E-state index is 0.00167. The van der Waals surface area contributed by atoms with Crippen molar-refractivity contribution in [2.75, 3.05) is 27.2 Å². The number of rotatable bonds is 6. The zero-order chi connectivity index (χ0) is 16.5. The van der Waals surface area contributed by atoms with Crippen LogP contribution in [0.5, 0.6) is 0 Å². The summed E-state index contributed by atoms with van der Waals surface area (Å²) in [6, 6.07) is 7.59. The van der Waals surface area contributed by atoms with Gasteiger partial charge in [0.25, 0.3) is 0 Å². The summed E-state index contributed by atoms with van der Waals surface area (Å²) < 4.78 is 0. The molecule has 6 heteroatoms. The molecule has 2 N–H and O–H groups in total. The van der Waals surface area contributed by atoms with E-state index >= 15 is 0 Å². The van der Waals surface area contributed by atoms with Crippen molar-refractivity contribution in [1.82, 2.24) is 15.5 Å². The Hall–Kier alpha value is -1.75. The van der Waals surface area contributed by atoms with Crippen molar-refractivity contribution < 1.29 is 4.79 Å². The molecule has 1 rings (SSSR count). The van der Waals surface area contributed by atoms with Gasteiger partial charge in [-0.3, -0.25) is 4.79 Å². The fourth-order valence-electron chi connectivity index (χ4n) is 1.60. The summed E-state index contributed by atoms with van der Waals surface area (Å²) in [5.41, 5.74) is 1.03. The van der Waals surface area contributed by atoms with Crippen LogP contribution in [0.2, 0.25) is 5.02 Å². The molecule has 1 aromatic carbocycles. The zero-order valence-corrected chi connectivity index (χ0v) is 14.4. The van der Waals surface area contributed by atoms with Gasteiger partial charge in [-0.1, -0.05) is 37.6 Å². The van der Waals surface area contributed by atoms with Gasteiger partial charge in [-0.15, -0.1) is 0 Å². The lowest BCUT2D eigenvalue weighted by atomic mass is 10.2. The van der Waals surface area contributed by atoms with Gasteiger partial charge in [0.05, 0.1) is 13.1 Å². The summed E-state index contributed by atoms with van der Waals surface area (Å²) in [7, 11) is 3.46. The van der Waals surface area contributed by atoms with E-state index in [-0.39, 0.29) is 12.5 Å². The number of likely N-dealkylation sites (N-methyl/N-ethyl adjacent to an activating group) is 1. The number of carbonyl (C=O) groups excluding carboxylic acids is 1. The van der Waals surface area contributed by atoms with Gasteiger partial charge in [0.15, 0.2) is 5.96 Å². The SMILES string of the molecule is CC(C)CNC(=NCc1cccc(Cl)c1)NCC(=O)N(C)C. The second-order valence-electron chi connectivity index (χ2n) is 5.71. The molecular weight excluding hydrogens is 300 g/mol. The van der Waals surface area contributed by atoms with Crippen LogP contribution in [0, 0.1) is 5.92 Å². The number of aliphatic imine (C=N–C) groups is 1. The highest BCUT2D eigenvalue weighted by Crippen LogP contribution is 2.11. The molecule has 0 saturated carbocycles. The van der Waals surface area contributed by atoms with Crippen LogP contribution in [0.15, 0.2) is 29.3 Å². The first-order valence-electron chi connectivity index (χ1n) is 7.35. The molecule has 0 radical (unpaired) electrons. The molecule has 5 nitrogen and oxygen atoms in total. The summed E-state index contributed by atoms with van der Waals surface area (Å²) >= 11 is 5.97. The predicted octanol–water partition coefficient (Wildman–Crippen LogP) is 2.12. The quantitative estimate of drug-likeness (QED) is 0.622. The molecule has 22 heavy (non-hydrogen) atoms. The molecule has 0 fully saturated rings. The third-order valence-corrected chi connectivity index (χ3v) is 3.13. The van der Waals surface area contributed by atoms with E-state index in [4.69, 9.17) is 11.6 Å². The van der Waals surface area contributed by atoms with E-state index < -0.39 is 0 Å². The Morgan fingerprint density at radius 2 is 2.05 bits per heavy atom. The predicted molar refractivity (Wildman–Crippen MR) is 92.1 cm³/mol. The van der Waals surface area contributed by atoms with Crippen LogP contribution in [-0.4, -0.2) is 44.0 Å². The molecular formula is C16H25ClN4O. The Kier molecular flexibility index (Phi) is 7.74. The van der Waals surface area contributed by atoms with E-state index in [1.54, 1.807) is 19.0 Å². The molecule has 0 spiro atoms. The lowest BCUT2D eigenvalue weighted by molar-refractivity contribution is -0.127. The maximum absolute atomic E-state index is 11.7. The summed E-state index contributed by atoms with van der Waals surface area (Å²) in [5.74, 6) is 1.12. The van der Waals surface area contributed by atoms with Gasteiger partial charge in [0, 0.05) is 25.7 Å². The lowest BCUT2D eigenvalue weighted by Crippen LogP contribution is -2.44. The smallest absolute Gasteiger partial charge is 0.241 e. The first-order chi connectivity index (χ1) is 10.4. The molecule has 1 aromatic rings. The van der Waals surface area contributed by atoms with Crippen LogP contribution in [0.25, 0.3) is 0 Å². The Balaban J connectivity index is 2.66. The van der Waals surface area contributed by atoms with Crippen LogP contribution in [0.1, 0.15) is 19.4 Å². The van der Waals surface area contributed by atoms with E-state index in [1.807, 2.05) is 24.3 Å². The number of halogens is 1. The van der Waals surface area contributed by atoms with Gasteiger partial charge in [0.2, 0.25) is 5.91 Å². The zero-order valence-electron chi connectivity index (χ0n) is 13.7. The first kappa shape index (κ1) is 18.3. The number of hydrogen-bond donors (Lipinski definition) is 2. The second kappa shape index (κ2) is 9.30. The van der Waals surface area contributed by atoms with Crippen LogP contribution >= 0.6 is 11.6 Å². The minimum Gasteiger partial charge on any atom is -0.356 e. The average Bonchev–Trinajstić information content (AvgIpc) is 2.45. The van der Waals surface area contributed by atoms with Crippen LogP contribution in [0.4, 0.5) is 0 Å². The van der Waals surface area contributed by atoms with Crippen molar-refractivity contribution in [3.8, 4) is 0 Å². The van der Waals surface area contributed by atoms with Gasteiger partial charge >= 0.3 is 0 Å². The van der Waals surface area contributed by atoms with E-state index in [1.165, 1.54) is 0 Å². The van der Waals surface area contributed by atoms with Crippen molar-refractivity contribution in [2.45, 2.75) is 20.4 Å². The van der Waals surface area contributed by atoms with E-state index in [2.05, 4.69) is 29.5 Å². The largest absolute Gasteiger partial charge is 0.356 e. The average molecular weight is 325 g/mol. The highest BCUT2D eigenvalue weighted by Gasteiger charge is 2.06. The molecule has 0 atom stereocenters. The highest BCUT2D eigenvalue weighted by molar-refractivity contribution is 6.30. The van der Waals surface area contributed by atoms with Gasteiger partial charge in [-0.05, 0) is 23.6 Å². The van der Waals surface area contributed by atoms with Gasteiger partial charge < -0.3 is 15.5 Å². The molecule has 122 valence electrons. The fraction of sp³-hybridized carbons (Fsp3) is 0.500. The minimum atomic E-state index is 0.00167. The molecule has 0 aliphatic rings. The van der Waals surface area contributed by atoms with E-state index in [0.29, 0.717) is 23.4 Å². The Morgan fingerprint density at radius 3 is 2.64 bits per heavy atom. The summed E-state index contributed by atoms with van der Waals surface area (Å²) in [6.07, 6.45) is 0. The van der Waals surface area contributed by atoms with Crippen LogP contribution in [-0.2, 0) is 11.3 Å². The standard InChI is InChI=1S/C16H25ClN4O/c1-12(2)9-18-16(20-11-15(22)21(3)4)19-10-13-6-5-7-14(17)8-13/h5-8,12H,9-11H2,1-4H3,(H2,18,19,20). The Bertz CT molecular complexity index is 515. The van der Waals surface area contributed by atoms with Crippen LogP contribution in [0.3, 0.4) is 0 Å². The van der Waals surface area contributed by atoms with Crippen molar-refractivity contribution >= 4 is 23.5 Å². The number of benzene rings is 1. The Morgan fingerprint density at radius 1 is 1.32 bits per heavy atom. The van der Waals surface area contributed by atoms with Crippen molar-refractivity contribution in [3.63, 3.8) is 0 Å². The number of guanidine groups is 1. The summed E-state index contributed by atoms with van der Waals surface area (Å²) in [6.45, 7) is 5.74. The lowest BCUT2D eigenvalue weighted by Gasteiger charge is -2.16. The van der Waals surface area contributed by atoms with Crippen molar-refractivity contribution in [3.05, 3.63) is 34.9 Å². The van der Waals surface area contributed by atoms with Crippen LogP contribution < -0.4 is 10.6 Å². The number of amides is 1. The topological polar surface area (TPSA) is 56.7 Å². The normalized spacial score (nSPS) is 11.5. The van der Waals surface area contributed by atoms with E-state index in [0.717, 1.165) is 12.1 Å². The maximum atomic E-state index is 11.7. The third-order valence-electron chi connectivity index (χ3n) is 2.89. The highest BCUT2D eigenvalue weighted by atomic mass is 35.5. The third kappa shape index (κ3) is 7.31. The summed E-state index contributed by atoms with van der Waals surface area (Å²) in [4.78, 5) is 17.7. The molecule has 0 heterocycles. The molecule has 0 aliphatic heterocycles. The van der Waals surface area contributed by atoms with Gasteiger partial charge in [-0.2, -0.15) is 0 Å². The van der Waals surface area contributed by atoms with Crippen molar-refractivity contribution in [1.29, 1.82) is 0 Å². The summed E-state index contributed by atoms with van der Waals surface area (Å²) in [5, 5.41) is 6.98. The molecule has 0 aromatic heterocycles. The molecule has 0 bridgehead atoms. The number of nitrogens with one attached hydrogen (secondary N) is 2. The van der Waals surface area contributed by atoms with E-state index in [9.17, 15) is 4.79 Å². The molecule has 0 saturated heterocycles. The molecule has 0 unspecified atom stereocenters.